The molecule has 1 aliphatic carbocycles. The third-order valence-electron chi connectivity index (χ3n) is 6.14. The summed E-state index contributed by atoms with van der Waals surface area (Å²) < 4.78 is 5.22. The van der Waals surface area contributed by atoms with E-state index in [1.807, 2.05) is 12.1 Å². The highest BCUT2D eigenvalue weighted by molar-refractivity contribution is 6.47. The molecule has 31 heavy (non-hydrogen) atoms. The number of ether oxygens (including phenoxy) is 1. The monoisotopic (exact) mass is 427 g/mol. The molecule has 1 aromatic carbocycles. The van der Waals surface area contributed by atoms with Crippen molar-refractivity contribution in [2.45, 2.75) is 70.4 Å². The van der Waals surface area contributed by atoms with Crippen LogP contribution in [0.3, 0.4) is 0 Å². The van der Waals surface area contributed by atoms with Crippen LogP contribution in [0, 0.1) is 5.92 Å². The van der Waals surface area contributed by atoms with Crippen LogP contribution in [-0.2, 0) is 6.54 Å². The number of para-hydroxylation sites is 1. The topological polar surface area (TPSA) is 129 Å². The van der Waals surface area contributed by atoms with E-state index in [-0.39, 0.29) is 23.9 Å². The summed E-state index contributed by atoms with van der Waals surface area (Å²) in [5, 5.41) is 21.9. The van der Waals surface area contributed by atoms with Crippen molar-refractivity contribution in [1.82, 2.24) is 16.1 Å². The standard InChI is InChI=1S/C22H33N7O2/c1-12(2)17-18-19(29-28-17)21(24-11-13-5-4-6-16(31-3)20(13)30)27-22(26-18)25-15-9-7-14(23)8-10-15/h4-6,12,14-15,19,21,24,29-30H,7-11,23H2,1-3H3,(H,25,27). The molecule has 1 fully saturated rings. The van der Waals surface area contributed by atoms with Gasteiger partial charge in [0.2, 0.25) is 5.96 Å². The minimum atomic E-state index is -0.272. The maximum Gasteiger partial charge on any atom is 0.220 e. The molecular weight excluding hydrogens is 394 g/mol. The van der Waals surface area contributed by atoms with Gasteiger partial charge in [-0.05, 0) is 37.7 Å². The number of hydrogen-bond acceptors (Lipinski definition) is 9. The number of methoxy groups -OCH3 is 1. The Labute approximate surface area is 183 Å². The Balaban J connectivity index is 1.52. The highest BCUT2D eigenvalue weighted by atomic mass is 16.5. The molecule has 168 valence electrons. The SMILES string of the molecule is COc1cccc(CNC2N=C(NC3CCC(N)CC3)N=C3C(C(C)C)=NNC32)c1O. The van der Waals surface area contributed by atoms with Gasteiger partial charge >= 0.3 is 0 Å². The molecule has 2 heterocycles. The number of aromatic hydroxyl groups is 1. The van der Waals surface area contributed by atoms with Crippen LogP contribution in [0.25, 0.3) is 0 Å². The highest BCUT2D eigenvalue weighted by Crippen LogP contribution is 2.29. The Hall–Kier alpha value is -2.65. The number of hydrogen-bond donors (Lipinski definition) is 5. The number of nitrogens with one attached hydrogen (secondary N) is 3. The lowest BCUT2D eigenvalue weighted by Gasteiger charge is -2.31. The Bertz CT molecular complexity index is 888. The fraction of sp³-hybridized carbons (Fsp3) is 0.591. The first-order valence-electron chi connectivity index (χ1n) is 11.1. The van der Waals surface area contributed by atoms with Gasteiger partial charge < -0.3 is 20.9 Å². The molecule has 0 bridgehead atoms. The van der Waals surface area contributed by atoms with Gasteiger partial charge in [-0.25, -0.2) is 9.98 Å². The zero-order valence-electron chi connectivity index (χ0n) is 18.4. The summed E-state index contributed by atoms with van der Waals surface area (Å²) in [5.74, 6) is 1.49. The van der Waals surface area contributed by atoms with E-state index in [1.165, 1.54) is 0 Å². The molecule has 0 aromatic heterocycles. The van der Waals surface area contributed by atoms with E-state index in [2.05, 4.69) is 35.0 Å². The Morgan fingerprint density at radius 3 is 2.74 bits per heavy atom. The lowest BCUT2D eigenvalue weighted by atomic mass is 9.92. The molecule has 9 heteroatoms. The maximum absolute atomic E-state index is 10.4. The third kappa shape index (κ3) is 4.67. The van der Waals surface area contributed by atoms with Gasteiger partial charge in [0.1, 0.15) is 12.2 Å². The largest absolute Gasteiger partial charge is 0.504 e. The summed E-state index contributed by atoms with van der Waals surface area (Å²) in [6.07, 6.45) is 3.80. The number of rotatable bonds is 6. The summed E-state index contributed by atoms with van der Waals surface area (Å²) in [7, 11) is 1.55. The first kappa shape index (κ1) is 21.6. The van der Waals surface area contributed by atoms with Crippen LogP contribution in [0.2, 0.25) is 0 Å². The van der Waals surface area contributed by atoms with Gasteiger partial charge in [0, 0.05) is 24.2 Å². The van der Waals surface area contributed by atoms with Gasteiger partial charge in [-0.3, -0.25) is 10.7 Å². The summed E-state index contributed by atoms with van der Waals surface area (Å²) in [6.45, 7) is 4.66. The van der Waals surface area contributed by atoms with Crippen molar-refractivity contribution >= 4 is 17.4 Å². The fourth-order valence-corrected chi connectivity index (χ4v) is 4.31. The number of guanidine groups is 1. The lowest BCUT2D eigenvalue weighted by Crippen LogP contribution is -2.53. The minimum Gasteiger partial charge on any atom is -0.504 e. The maximum atomic E-state index is 10.4. The molecule has 0 amide bonds. The number of phenolic OH excluding ortho intramolecular Hbond substituents is 1. The molecule has 0 saturated heterocycles. The van der Waals surface area contributed by atoms with E-state index < -0.39 is 0 Å². The average molecular weight is 428 g/mol. The van der Waals surface area contributed by atoms with Gasteiger partial charge in [-0.2, -0.15) is 5.10 Å². The van der Waals surface area contributed by atoms with E-state index in [0.717, 1.165) is 42.7 Å². The molecule has 2 atom stereocenters. The Kier molecular flexibility index (Phi) is 6.43. The van der Waals surface area contributed by atoms with Crippen molar-refractivity contribution < 1.29 is 9.84 Å². The van der Waals surface area contributed by atoms with Gasteiger partial charge in [0.05, 0.1) is 18.5 Å². The van der Waals surface area contributed by atoms with Crippen LogP contribution in [0.5, 0.6) is 11.5 Å². The van der Waals surface area contributed by atoms with Crippen LogP contribution in [0.4, 0.5) is 0 Å². The number of benzene rings is 1. The Morgan fingerprint density at radius 2 is 2.03 bits per heavy atom. The van der Waals surface area contributed by atoms with Crippen molar-refractivity contribution in [3.8, 4) is 11.5 Å². The number of hydrazone groups is 1. The highest BCUT2D eigenvalue weighted by Gasteiger charge is 2.38. The molecule has 4 rings (SSSR count). The van der Waals surface area contributed by atoms with Crippen molar-refractivity contribution in [2.24, 2.45) is 26.7 Å². The zero-order chi connectivity index (χ0) is 22.0. The number of nitrogens with zero attached hydrogens (tertiary/aromatic N) is 3. The average Bonchev–Trinajstić information content (AvgIpc) is 3.19. The molecule has 6 N–H and O–H groups in total. The quantitative estimate of drug-likeness (QED) is 0.468. The van der Waals surface area contributed by atoms with Crippen LogP contribution in [-0.4, -0.2) is 53.9 Å². The number of fused-ring (bicyclic) bond motifs is 1. The molecule has 2 unspecified atom stereocenters. The van der Waals surface area contributed by atoms with Gasteiger partial charge in [0.15, 0.2) is 11.5 Å². The van der Waals surface area contributed by atoms with Crippen LogP contribution >= 0.6 is 0 Å². The molecule has 1 aromatic rings. The second-order valence-electron chi connectivity index (χ2n) is 8.76. The van der Waals surface area contributed by atoms with Crippen LogP contribution < -0.4 is 26.5 Å². The van der Waals surface area contributed by atoms with Gasteiger partial charge in [-0.15, -0.1) is 0 Å². The van der Waals surface area contributed by atoms with E-state index in [9.17, 15) is 5.11 Å². The zero-order valence-corrected chi connectivity index (χ0v) is 18.4. The first-order valence-corrected chi connectivity index (χ1v) is 11.1. The second kappa shape index (κ2) is 9.23. The van der Waals surface area contributed by atoms with Crippen LogP contribution in [0.1, 0.15) is 45.1 Å². The van der Waals surface area contributed by atoms with Gasteiger partial charge in [0.25, 0.3) is 0 Å². The summed E-state index contributed by atoms with van der Waals surface area (Å²) in [5.41, 5.74) is 11.9. The number of aliphatic imine (C=N–C) groups is 2. The molecule has 3 aliphatic rings. The Morgan fingerprint density at radius 1 is 1.26 bits per heavy atom. The number of phenols is 1. The van der Waals surface area contributed by atoms with E-state index >= 15 is 0 Å². The third-order valence-corrected chi connectivity index (χ3v) is 6.14. The van der Waals surface area contributed by atoms with Crippen molar-refractivity contribution in [3.05, 3.63) is 23.8 Å². The molecule has 0 spiro atoms. The molecule has 9 nitrogen and oxygen atoms in total. The minimum absolute atomic E-state index is 0.140. The first-order chi connectivity index (χ1) is 15.0. The normalized spacial score (nSPS) is 27.7. The van der Waals surface area contributed by atoms with E-state index in [1.54, 1.807) is 13.2 Å². The molecule has 2 aliphatic heterocycles. The fourth-order valence-electron chi connectivity index (χ4n) is 4.31. The molecule has 1 saturated carbocycles. The number of nitrogens with two attached hydrogens (primary N) is 1. The molecule has 0 radical (unpaired) electrons. The smallest absolute Gasteiger partial charge is 0.220 e. The van der Waals surface area contributed by atoms with Crippen molar-refractivity contribution in [2.75, 3.05) is 7.11 Å². The van der Waals surface area contributed by atoms with Gasteiger partial charge in [-0.1, -0.05) is 26.0 Å². The summed E-state index contributed by atoms with van der Waals surface area (Å²) >= 11 is 0. The van der Waals surface area contributed by atoms with Crippen molar-refractivity contribution in [1.29, 1.82) is 0 Å². The van der Waals surface area contributed by atoms with Crippen molar-refractivity contribution in [3.63, 3.8) is 0 Å². The molecular formula is C22H33N7O2. The van der Waals surface area contributed by atoms with E-state index in [0.29, 0.717) is 30.3 Å². The lowest BCUT2D eigenvalue weighted by molar-refractivity contribution is 0.366. The second-order valence-corrected chi connectivity index (χ2v) is 8.76. The van der Waals surface area contributed by atoms with Crippen LogP contribution in [0.15, 0.2) is 33.3 Å². The predicted octanol–water partition coefficient (Wildman–Crippen LogP) is 1.47. The summed E-state index contributed by atoms with van der Waals surface area (Å²) in [6, 6.07) is 5.95. The van der Waals surface area contributed by atoms with E-state index in [4.69, 9.17) is 20.5 Å². The summed E-state index contributed by atoms with van der Waals surface area (Å²) in [4.78, 5) is 9.68. The predicted molar refractivity (Wildman–Crippen MR) is 123 cm³/mol.